The third-order valence-electron chi connectivity index (χ3n) is 9.91. The standard InChI is InChI=1S/C34H47P/c1-5-33(4,29-20-12-8-13-21-29)28-34(6-2,7-3)35(30-22-14-9-15-23-30,31-24-16-10-17-25-31)32-26-18-11-19-27-32/h9-11,14-19,22-27,29,35H,5-8,12-13,20-21,28H2,1-4H3/t33-/m1/s1. The van der Waals surface area contributed by atoms with Crippen LogP contribution < -0.4 is 15.9 Å². The van der Waals surface area contributed by atoms with E-state index in [9.17, 15) is 0 Å². The average molecular weight is 487 g/mol. The van der Waals surface area contributed by atoms with E-state index < -0.39 is 7.26 Å². The van der Waals surface area contributed by atoms with Crippen LogP contribution in [-0.2, 0) is 0 Å². The Kier molecular flexibility index (Phi) is 8.54. The van der Waals surface area contributed by atoms with Crippen molar-refractivity contribution in [1.82, 2.24) is 0 Å². The van der Waals surface area contributed by atoms with Gasteiger partial charge in [0.25, 0.3) is 0 Å². The van der Waals surface area contributed by atoms with Crippen molar-refractivity contribution >= 4 is 23.2 Å². The van der Waals surface area contributed by atoms with Crippen molar-refractivity contribution in [2.75, 3.05) is 0 Å². The molecular weight excluding hydrogens is 439 g/mol. The van der Waals surface area contributed by atoms with Gasteiger partial charge in [-0.25, -0.2) is 0 Å². The van der Waals surface area contributed by atoms with E-state index in [4.69, 9.17) is 0 Å². The van der Waals surface area contributed by atoms with E-state index >= 15 is 0 Å². The molecule has 0 aliphatic heterocycles. The van der Waals surface area contributed by atoms with Crippen LogP contribution in [0.25, 0.3) is 0 Å². The molecule has 0 amide bonds. The molecule has 0 bridgehead atoms. The Hall–Kier alpha value is -1.91. The molecule has 1 saturated carbocycles. The molecule has 0 unspecified atom stereocenters. The van der Waals surface area contributed by atoms with Crippen LogP contribution in [0.3, 0.4) is 0 Å². The third kappa shape index (κ3) is 4.76. The van der Waals surface area contributed by atoms with E-state index in [1.165, 1.54) is 57.8 Å². The van der Waals surface area contributed by atoms with Crippen LogP contribution in [0.4, 0.5) is 0 Å². The summed E-state index contributed by atoms with van der Waals surface area (Å²) in [6, 6.07) is 35.0. The van der Waals surface area contributed by atoms with Crippen LogP contribution in [0, 0.1) is 11.3 Å². The molecule has 0 nitrogen and oxygen atoms in total. The molecule has 188 valence electrons. The van der Waals surface area contributed by atoms with Crippen LogP contribution in [0.5, 0.6) is 0 Å². The Morgan fingerprint density at radius 3 is 1.34 bits per heavy atom. The molecule has 35 heavy (non-hydrogen) atoms. The van der Waals surface area contributed by atoms with Crippen molar-refractivity contribution in [2.24, 2.45) is 11.3 Å². The van der Waals surface area contributed by atoms with Gasteiger partial charge in [0.05, 0.1) is 0 Å². The SMILES string of the molecule is CCC(CC)(C[C@@](C)(CC)C1CCCCC1)[PH](c1ccccc1)(c1ccccc1)c1ccccc1. The predicted octanol–water partition coefficient (Wildman–Crippen LogP) is 8.66. The van der Waals surface area contributed by atoms with Gasteiger partial charge < -0.3 is 0 Å². The molecule has 1 aliphatic carbocycles. The van der Waals surface area contributed by atoms with E-state index in [2.05, 4.69) is 119 Å². The Bertz CT molecular complexity index is 919. The van der Waals surface area contributed by atoms with E-state index in [1.807, 2.05) is 0 Å². The molecule has 0 N–H and O–H groups in total. The zero-order valence-electron chi connectivity index (χ0n) is 22.6. The Labute approximate surface area is 215 Å². The first kappa shape index (κ1) is 26.2. The molecular formula is C34H47P. The summed E-state index contributed by atoms with van der Waals surface area (Å²) in [6.07, 6.45) is 12.2. The quantitative estimate of drug-likeness (QED) is 0.252. The van der Waals surface area contributed by atoms with Gasteiger partial charge in [0.15, 0.2) is 0 Å². The molecule has 0 heterocycles. The normalized spacial score (nSPS) is 17.6. The Morgan fingerprint density at radius 1 is 0.600 bits per heavy atom. The van der Waals surface area contributed by atoms with Crippen LogP contribution in [0.1, 0.15) is 85.5 Å². The minimum absolute atomic E-state index is 0.235. The number of benzene rings is 3. The van der Waals surface area contributed by atoms with Gasteiger partial charge in [0.2, 0.25) is 0 Å². The Morgan fingerprint density at radius 2 is 1.00 bits per heavy atom. The molecule has 1 atom stereocenters. The monoisotopic (exact) mass is 486 g/mol. The van der Waals surface area contributed by atoms with Crippen LogP contribution in [0.15, 0.2) is 91.0 Å². The first-order valence-electron chi connectivity index (χ1n) is 14.2. The first-order chi connectivity index (χ1) is 17.1. The van der Waals surface area contributed by atoms with Crippen molar-refractivity contribution in [2.45, 2.75) is 90.6 Å². The zero-order chi connectivity index (χ0) is 24.8. The Balaban J connectivity index is 2.02. The maximum atomic E-state index is 2.66. The third-order valence-corrected chi connectivity index (χ3v) is 16.0. The summed E-state index contributed by atoms with van der Waals surface area (Å²) in [5.74, 6) is 0.854. The average Bonchev–Trinajstić information content (AvgIpc) is 2.95. The van der Waals surface area contributed by atoms with Crippen molar-refractivity contribution < 1.29 is 0 Å². The molecule has 1 aliphatic rings. The second-order valence-electron chi connectivity index (χ2n) is 11.4. The molecule has 3 aromatic carbocycles. The maximum absolute atomic E-state index is 2.66. The van der Waals surface area contributed by atoms with Crippen molar-refractivity contribution in [1.29, 1.82) is 0 Å². The second-order valence-corrected chi connectivity index (χ2v) is 15.6. The van der Waals surface area contributed by atoms with Gasteiger partial charge in [0, 0.05) is 0 Å². The van der Waals surface area contributed by atoms with Gasteiger partial charge in [-0.15, -0.1) is 0 Å². The molecule has 1 heteroatoms. The summed E-state index contributed by atoms with van der Waals surface area (Å²) >= 11 is 0. The second kappa shape index (κ2) is 11.4. The fourth-order valence-corrected chi connectivity index (χ4v) is 14.4. The summed E-state index contributed by atoms with van der Waals surface area (Å²) in [5.41, 5.74) is 0.378. The minimum atomic E-state index is -2.39. The zero-order valence-corrected chi connectivity index (χ0v) is 23.6. The molecule has 0 aromatic heterocycles. The summed E-state index contributed by atoms with van der Waals surface area (Å²) < 4.78 is 0. The molecule has 4 rings (SSSR count). The van der Waals surface area contributed by atoms with E-state index in [0.717, 1.165) is 5.92 Å². The predicted molar refractivity (Wildman–Crippen MR) is 159 cm³/mol. The van der Waals surface area contributed by atoms with Gasteiger partial charge >= 0.3 is 216 Å². The first-order valence-corrected chi connectivity index (χ1v) is 16.2. The van der Waals surface area contributed by atoms with Gasteiger partial charge in [-0.2, -0.15) is 0 Å². The topological polar surface area (TPSA) is 0 Å². The number of rotatable bonds is 10. The van der Waals surface area contributed by atoms with Gasteiger partial charge in [-0.05, 0) is 0 Å². The summed E-state index contributed by atoms with van der Waals surface area (Å²) in [6.45, 7) is 10.1. The fourth-order valence-electron chi connectivity index (χ4n) is 7.78. The fraction of sp³-hybridized carbons (Fsp3) is 0.471. The van der Waals surface area contributed by atoms with Crippen molar-refractivity contribution in [3.63, 3.8) is 0 Å². The molecule has 0 radical (unpaired) electrons. The molecule has 3 aromatic rings. The molecule has 1 fully saturated rings. The number of hydrogen-bond donors (Lipinski definition) is 0. The van der Waals surface area contributed by atoms with E-state index in [-0.39, 0.29) is 5.16 Å². The summed E-state index contributed by atoms with van der Waals surface area (Å²) in [4.78, 5) is 0. The van der Waals surface area contributed by atoms with Gasteiger partial charge in [-0.1, -0.05) is 0 Å². The van der Waals surface area contributed by atoms with Crippen molar-refractivity contribution in [3.8, 4) is 0 Å². The van der Waals surface area contributed by atoms with Gasteiger partial charge in [-0.3, -0.25) is 0 Å². The van der Waals surface area contributed by atoms with E-state index in [0.29, 0.717) is 5.41 Å². The van der Waals surface area contributed by atoms with Crippen LogP contribution in [-0.4, -0.2) is 5.16 Å². The summed E-state index contributed by atoms with van der Waals surface area (Å²) in [7, 11) is -2.39. The molecule has 0 spiro atoms. The summed E-state index contributed by atoms with van der Waals surface area (Å²) in [5, 5.41) is 4.95. The van der Waals surface area contributed by atoms with Crippen molar-refractivity contribution in [3.05, 3.63) is 91.0 Å². The number of hydrogen-bond acceptors (Lipinski definition) is 0. The van der Waals surface area contributed by atoms with Crippen LogP contribution in [0.2, 0.25) is 0 Å². The van der Waals surface area contributed by atoms with Gasteiger partial charge in [0.1, 0.15) is 0 Å². The molecule has 0 saturated heterocycles. The van der Waals surface area contributed by atoms with Crippen LogP contribution >= 0.6 is 7.26 Å². The van der Waals surface area contributed by atoms with E-state index in [1.54, 1.807) is 15.9 Å².